The van der Waals surface area contributed by atoms with E-state index in [1.807, 2.05) is 4.90 Å². The van der Waals surface area contributed by atoms with E-state index < -0.39 is 30.0 Å². The molecule has 0 radical (unpaired) electrons. The monoisotopic (exact) mass is 595 g/mol. The Hall–Kier alpha value is -2.15. The van der Waals surface area contributed by atoms with Gasteiger partial charge in [0.05, 0.1) is 24.8 Å². The fourth-order valence-corrected chi connectivity index (χ4v) is 5.82. The quantitative estimate of drug-likeness (QED) is 0.494. The molecule has 3 rings (SSSR count). The van der Waals surface area contributed by atoms with Crippen LogP contribution in [-0.4, -0.2) is 134 Å². The van der Waals surface area contributed by atoms with E-state index in [-0.39, 0.29) is 55.8 Å². The van der Waals surface area contributed by atoms with Crippen LogP contribution in [0.15, 0.2) is 24.3 Å². The summed E-state index contributed by atoms with van der Waals surface area (Å²) in [6.07, 6.45) is 0.368. The molecule has 11 heteroatoms. The second-order valence-electron chi connectivity index (χ2n) is 11.9. The lowest BCUT2D eigenvalue weighted by Crippen LogP contribution is -2.55. The number of rotatable bonds is 7. The predicted molar refractivity (Wildman–Crippen MR) is 157 cm³/mol. The van der Waals surface area contributed by atoms with Crippen molar-refractivity contribution in [2.75, 3.05) is 66.7 Å². The Morgan fingerprint density at radius 2 is 1.76 bits per heavy atom. The summed E-state index contributed by atoms with van der Waals surface area (Å²) in [6, 6.07) is 5.42. The molecule has 2 aliphatic heterocycles. The van der Waals surface area contributed by atoms with E-state index >= 15 is 0 Å². The summed E-state index contributed by atoms with van der Waals surface area (Å²) in [6.45, 7) is 6.73. The molecule has 0 bridgehead atoms. The van der Waals surface area contributed by atoms with Crippen LogP contribution in [0.3, 0.4) is 0 Å². The van der Waals surface area contributed by atoms with E-state index in [1.165, 1.54) is 30.2 Å². The highest BCUT2D eigenvalue weighted by molar-refractivity contribution is 5.94. The van der Waals surface area contributed by atoms with E-state index in [0.29, 0.717) is 32.4 Å². The number of halogens is 1. The van der Waals surface area contributed by atoms with Crippen LogP contribution >= 0.6 is 0 Å². The Kier molecular flexibility index (Phi) is 14.1. The number of nitrogens with zero attached hydrogens (tertiary/aromatic N) is 3. The lowest BCUT2D eigenvalue weighted by Gasteiger charge is -2.40. The molecule has 0 spiro atoms. The maximum Gasteiger partial charge on any atom is 0.256 e. The van der Waals surface area contributed by atoms with Crippen LogP contribution in [0.5, 0.6) is 0 Å². The average Bonchev–Trinajstić information content (AvgIpc) is 2.97. The van der Waals surface area contributed by atoms with Crippen LogP contribution in [-0.2, 0) is 19.0 Å². The van der Waals surface area contributed by atoms with Crippen molar-refractivity contribution in [1.29, 1.82) is 0 Å². The van der Waals surface area contributed by atoms with Gasteiger partial charge in [-0.2, -0.15) is 0 Å². The number of aliphatic hydroxyl groups is 2. The third-order valence-corrected chi connectivity index (χ3v) is 8.26. The Balaban J connectivity index is 1.94. The maximum atomic E-state index is 14.8. The summed E-state index contributed by atoms with van der Waals surface area (Å²) in [5.41, 5.74) is -0.103. The van der Waals surface area contributed by atoms with Crippen LogP contribution in [0.4, 0.5) is 4.39 Å². The van der Waals surface area contributed by atoms with Crippen LogP contribution in [0.1, 0.15) is 56.3 Å². The molecular formula is C31H50FN3O7. The van der Waals surface area contributed by atoms with Gasteiger partial charge < -0.3 is 34.2 Å². The van der Waals surface area contributed by atoms with E-state index in [2.05, 4.69) is 18.7 Å². The molecule has 4 atom stereocenters. The van der Waals surface area contributed by atoms with Crippen LogP contribution in [0.2, 0.25) is 0 Å². The summed E-state index contributed by atoms with van der Waals surface area (Å²) in [4.78, 5) is 33.2. The number of likely N-dealkylation sites (tertiary alicyclic amines) is 1. The lowest BCUT2D eigenvalue weighted by atomic mass is 9.99. The highest BCUT2D eigenvalue weighted by atomic mass is 19.1. The zero-order valence-electron chi connectivity index (χ0n) is 25.6. The van der Waals surface area contributed by atoms with Crippen molar-refractivity contribution in [2.45, 2.75) is 76.4 Å². The predicted octanol–water partition coefficient (Wildman–Crippen LogP) is 2.17. The summed E-state index contributed by atoms with van der Waals surface area (Å²) < 4.78 is 31.5. The molecule has 0 aliphatic carbocycles. The van der Waals surface area contributed by atoms with Gasteiger partial charge in [0.15, 0.2) is 0 Å². The highest BCUT2D eigenvalue weighted by Gasteiger charge is 2.35. The number of methoxy groups -OCH3 is 2. The normalized spacial score (nSPS) is 26.3. The molecule has 2 aliphatic rings. The largest absolute Gasteiger partial charge is 0.388 e. The minimum atomic E-state index is -1.34. The van der Waals surface area contributed by atoms with Crippen molar-refractivity contribution < 1.29 is 38.4 Å². The first kappa shape index (κ1) is 34.3. The fourth-order valence-electron chi connectivity index (χ4n) is 5.82. The van der Waals surface area contributed by atoms with Crippen molar-refractivity contribution in [3.63, 3.8) is 0 Å². The fraction of sp³-hybridized carbons (Fsp3) is 0.742. The van der Waals surface area contributed by atoms with Gasteiger partial charge in [-0.05, 0) is 50.2 Å². The zero-order valence-corrected chi connectivity index (χ0v) is 25.6. The van der Waals surface area contributed by atoms with Gasteiger partial charge in [0.2, 0.25) is 5.91 Å². The van der Waals surface area contributed by atoms with Gasteiger partial charge in [0, 0.05) is 59.6 Å². The van der Waals surface area contributed by atoms with Crippen LogP contribution in [0, 0.1) is 11.7 Å². The third-order valence-electron chi connectivity index (χ3n) is 8.26. The van der Waals surface area contributed by atoms with Gasteiger partial charge in [-0.15, -0.1) is 0 Å². The number of hydrogen-bond acceptors (Lipinski definition) is 8. The van der Waals surface area contributed by atoms with Crippen molar-refractivity contribution >= 4 is 11.8 Å². The first-order valence-electron chi connectivity index (χ1n) is 15.2. The van der Waals surface area contributed by atoms with Crippen molar-refractivity contribution in [3.8, 4) is 0 Å². The van der Waals surface area contributed by atoms with Gasteiger partial charge in [-0.25, -0.2) is 4.39 Å². The lowest BCUT2D eigenvalue weighted by molar-refractivity contribution is -0.137. The molecule has 2 heterocycles. The number of hydrogen-bond donors (Lipinski definition) is 2. The van der Waals surface area contributed by atoms with E-state index in [0.717, 1.165) is 25.9 Å². The zero-order chi connectivity index (χ0) is 30.6. The molecule has 238 valence electrons. The summed E-state index contributed by atoms with van der Waals surface area (Å²) >= 11 is 0. The summed E-state index contributed by atoms with van der Waals surface area (Å²) in [5.74, 6) is -1.02. The van der Waals surface area contributed by atoms with E-state index in [1.54, 1.807) is 13.2 Å². The van der Waals surface area contributed by atoms with Gasteiger partial charge in [-0.1, -0.05) is 26.0 Å². The maximum absolute atomic E-state index is 14.8. The summed E-state index contributed by atoms with van der Waals surface area (Å²) in [5, 5.41) is 21.5. The number of aliphatic hydroxyl groups excluding tert-OH is 2. The molecule has 1 aromatic rings. The number of benzene rings is 1. The Morgan fingerprint density at radius 3 is 2.40 bits per heavy atom. The van der Waals surface area contributed by atoms with Gasteiger partial charge in [0.1, 0.15) is 24.1 Å². The molecule has 2 amide bonds. The number of amides is 2. The molecule has 10 nitrogen and oxygen atoms in total. The molecule has 2 N–H and O–H groups in total. The molecule has 0 unspecified atom stereocenters. The molecule has 42 heavy (non-hydrogen) atoms. The van der Waals surface area contributed by atoms with E-state index in [4.69, 9.17) is 14.2 Å². The minimum Gasteiger partial charge on any atom is -0.388 e. The van der Waals surface area contributed by atoms with Crippen molar-refractivity contribution in [3.05, 3.63) is 35.6 Å². The number of carbonyl (C=O) groups excluding carboxylic acids is 2. The standard InChI is InChI=1S/C31H50FN3O7/c1-22(2)17-23-18-34(31(39)25-9-5-6-10-26(25)32)19-28(41-4)30(38)27(36)21-42-16-8-7-13-35(23)29(37)20-33-14-11-24(40-3)12-15-33/h5-6,9-10,22-24,27-28,30,36,38H,7-8,11-21H2,1-4H3/t23-,27-,28-,30-/m1/s1. The Morgan fingerprint density at radius 1 is 1.05 bits per heavy atom. The van der Waals surface area contributed by atoms with Gasteiger partial charge in [0.25, 0.3) is 5.91 Å². The smallest absolute Gasteiger partial charge is 0.256 e. The molecule has 1 aromatic carbocycles. The second-order valence-corrected chi connectivity index (χ2v) is 11.9. The average molecular weight is 596 g/mol. The van der Waals surface area contributed by atoms with Gasteiger partial charge in [-0.3, -0.25) is 14.5 Å². The van der Waals surface area contributed by atoms with Crippen LogP contribution < -0.4 is 0 Å². The minimum absolute atomic E-state index is 0.0124. The van der Waals surface area contributed by atoms with Crippen molar-refractivity contribution in [1.82, 2.24) is 14.7 Å². The Bertz CT molecular complexity index is 976. The molecular weight excluding hydrogens is 545 g/mol. The molecule has 2 fully saturated rings. The first-order chi connectivity index (χ1) is 20.1. The molecule has 2 saturated heterocycles. The number of piperidine rings is 1. The second kappa shape index (κ2) is 17.2. The molecule has 0 saturated carbocycles. The van der Waals surface area contributed by atoms with Crippen LogP contribution in [0.25, 0.3) is 0 Å². The number of carbonyl (C=O) groups is 2. The highest BCUT2D eigenvalue weighted by Crippen LogP contribution is 2.21. The van der Waals surface area contributed by atoms with Gasteiger partial charge >= 0.3 is 0 Å². The summed E-state index contributed by atoms with van der Waals surface area (Å²) in [7, 11) is 3.11. The van der Waals surface area contributed by atoms with E-state index in [9.17, 15) is 24.2 Å². The Labute approximate surface area is 249 Å². The SMILES string of the molecule is COC1CCN(CC(=O)N2CCCCOC[C@@H](O)[C@@H](O)[C@H](OC)CN(C(=O)c3ccccc3F)C[C@H]2CC(C)C)CC1. The number of ether oxygens (including phenoxy) is 3. The van der Waals surface area contributed by atoms with Crippen molar-refractivity contribution in [2.24, 2.45) is 5.92 Å². The molecule has 0 aromatic heterocycles. The first-order valence-corrected chi connectivity index (χ1v) is 15.2. The third kappa shape index (κ3) is 9.96. The topological polar surface area (TPSA) is 112 Å².